The smallest absolute Gasteiger partial charge is 0.0211 e. The summed E-state index contributed by atoms with van der Waals surface area (Å²) < 4.78 is 0. The fraction of sp³-hybridized carbons (Fsp3) is 0.250. The lowest BCUT2D eigenvalue weighted by Crippen LogP contribution is -2.08. The Balaban J connectivity index is 2.50. The molecular weight excluding hydrogens is 206 g/mol. The number of hydrogen-bond acceptors (Lipinski definition) is 1. The minimum Gasteiger partial charge on any atom is -0.316 e. The zero-order valence-electron chi connectivity index (χ0n) is 10.7. The van der Waals surface area contributed by atoms with Crippen LogP contribution in [0, 0.1) is 13.8 Å². The molecule has 0 bridgehead atoms. The Morgan fingerprint density at radius 2 is 1.65 bits per heavy atom. The molecule has 0 saturated heterocycles. The van der Waals surface area contributed by atoms with E-state index < -0.39 is 0 Å². The molecule has 0 aliphatic rings. The molecule has 0 aliphatic heterocycles. The lowest BCUT2D eigenvalue weighted by atomic mass is 9.95. The van der Waals surface area contributed by atoms with Crippen molar-refractivity contribution in [2.75, 3.05) is 7.05 Å². The maximum atomic E-state index is 3.25. The lowest BCUT2D eigenvalue weighted by Gasteiger charge is -2.12. The normalized spacial score (nSPS) is 10.5. The van der Waals surface area contributed by atoms with Crippen molar-refractivity contribution in [1.82, 2.24) is 5.32 Å². The van der Waals surface area contributed by atoms with Crippen LogP contribution < -0.4 is 5.32 Å². The predicted molar refractivity (Wildman–Crippen MR) is 74.1 cm³/mol. The van der Waals surface area contributed by atoms with E-state index in [4.69, 9.17) is 0 Å². The minimum atomic E-state index is 0.913. The van der Waals surface area contributed by atoms with E-state index in [9.17, 15) is 0 Å². The highest BCUT2D eigenvalue weighted by Gasteiger charge is 2.06. The van der Waals surface area contributed by atoms with E-state index in [2.05, 4.69) is 61.6 Å². The Morgan fingerprint density at radius 3 is 2.29 bits per heavy atom. The number of aryl methyl sites for hydroxylation is 2. The highest BCUT2D eigenvalue weighted by atomic mass is 14.8. The van der Waals surface area contributed by atoms with E-state index in [1.807, 2.05) is 7.05 Å². The second kappa shape index (κ2) is 5.15. The maximum Gasteiger partial charge on any atom is 0.0211 e. The van der Waals surface area contributed by atoms with Crippen LogP contribution in [0.5, 0.6) is 0 Å². The first-order valence-corrected chi connectivity index (χ1v) is 6.02. The van der Waals surface area contributed by atoms with Gasteiger partial charge in [0.1, 0.15) is 0 Å². The van der Waals surface area contributed by atoms with Gasteiger partial charge in [-0.2, -0.15) is 0 Å². The molecule has 0 heterocycles. The summed E-state index contributed by atoms with van der Waals surface area (Å²) in [6.07, 6.45) is 0. The molecular formula is C16H19N. The second-order valence-corrected chi connectivity index (χ2v) is 4.50. The molecule has 1 nitrogen and oxygen atoms in total. The number of hydrogen-bond donors (Lipinski definition) is 1. The van der Waals surface area contributed by atoms with E-state index >= 15 is 0 Å². The van der Waals surface area contributed by atoms with E-state index in [0.29, 0.717) is 0 Å². The van der Waals surface area contributed by atoms with Crippen molar-refractivity contribution in [3.05, 3.63) is 59.2 Å². The largest absolute Gasteiger partial charge is 0.316 e. The highest BCUT2D eigenvalue weighted by Crippen LogP contribution is 2.26. The van der Waals surface area contributed by atoms with Gasteiger partial charge < -0.3 is 5.32 Å². The number of nitrogens with one attached hydrogen (secondary N) is 1. The van der Waals surface area contributed by atoms with Crippen molar-refractivity contribution < 1.29 is 0 Å². The van der Waals surface area contributed by atoms with Crippen molar-refractivity contribution in [1.29, 1.82) is 0 Å². The number of benzene rings is 2. The lowest BCUT2D eigenvalue weighted by molar-refractivity contribution is 0.814. The molecule has 0 spiro atoms. The summed E-state index contributed by atoms with van der Waals surface area (Å²) >= 11 is 0. The van der Waals surface area contributed by atoms with Crippen LogP contribution >= 0.6 is 0 Å². The topological polar surface area (TPSA) is 12.0 Å². The zero-order chi connectivity index (χ0) is 12.3. The minimum absolute atomic E-state index is 0.913. The van der Waals surface area contributed by atoms with Gasteiger partial charge in [0.15, 0.2) is 0 Å². The molecule has 0 radical (unpaired) electrons. The first-order valence-electron chi connectivity index (χ1n) is 6.02. The molecule has 0 fully saturated rings. The Kier molecular flexibility index (Phi) is 3.60. The molecule has 0 unspecified atom stereocenters. The molecule has 2 rings (SSSR count). The van der Waals surface area contributed by atoms with E-state index in [1.165, 1.54) is 27.8 Å². The molecule has 88 valence electrons. The summed E-state index contributed by atoms with van der Waals surface area (Å²) in [5.74, 6) is 0. The maximum absolute atomic E-state index is 3.25. The van der Waals surface area contributed by atoms with Crippen LogP contribution in [-0.4, -0.2) is 7.05 Å². The van der Waals surface area contributed by atoms with Crippen molar-refractivity contribution >= 4 is 0 Å². The van der Waals surface area contributed by atoms with Crippen molar-refractivity contribution in [3.8, 4) is 11.1 Å². The molecule has 0 aliphatic carbocycles. The van der Waals surface area contributed by atoms with Gasteiger partial charge in [-0.25, -0.2) is 0 Å². The van der Waals surface area contributed by atoms with Gasteiger partial charge in [-0.3, -0.25) is 0 Å². The van der Waals surface area contributed by atoms with Crippen LogP contribution in [-0.2, 0) is 6.54 Å². The fourth-order valence-corrected chi connectivity index (χ4v) is 2.12. The van der Waals surface area contributed by atoms with Crippen LogP contribution in [0.3, 0.4) is 0 Å². The van der Waals surface area contributed by atoms with Gasteiger partial charge >= 0.3 is 0 Å². The molecule has 0 aromatic heterocycles. The fourth-order valence-electron chi connectivity index (χ4n) is 2.12. The molecule has 0 atom stereocenters. The Labute approximate surface area is 103 Å². The van der Waals surface area contributed by atoms with Crippen LogP contribution in [0.1, 0.15) is 16.7 Å². The predicted octanol–water partition coefficient (Wildman–Crippen LogP) is 3.69. The first-order chi connectivity index (χ1) is 8.22. The molecule has 1 N–H and O–H groups in total. The van der Waals surface area contributed by atoms with Gasteiger partial charge in [0.05, 0.1) is 0 Å². The van der Waals surface area contributed by atoms with Gasteiger partial charge in [-0.1, -0.05) is 48.0 Å². The molecule has 2 aromatic carbocycles. The van der Waals surface area contributed by atoms with Crippen LogP contribution in [0.15, 0.2) is 42.5 Å². The van der Waals surface area contributed by atoms with Gasteiger partial charge in [0.25, 0.3) is 0 Å². The van der Waals surface area contributed by atoms with Crippen LogP contribution in [0.25, 0.3) is 11.1 Å². The van der Waals surface area contributed by atoms with Crippen molar-refractivity contribution in [3.63, 3.8) is 0 Å². The van der Waals surface area contributed by atoms with Gasteiger partial charge in [0.2, 0.25) is 0 Å². The van der Waals surface area contributed by atoms with Crippen molar-refractivity contribution in [2.24, 2.45) is 0 Å². The summed E-state index contributed by atoms with van der Waals surface area (Å²) in [5, 5.41) is 3.25. The van der Waals surface area contributed by atoms with E-state index in [-0.39, 0.29) is 0 Å². The molecule has 17 heavy (non-hydrogen) atoms. The highest BCUT2D eigenvalue weighted by molar-refractivity contribution is 5.68. The van der Waals surface area contributed by atoms with E-state index in [1.54, 1.807) is 0 Å². The Bertz CT molecular complexity index is 497. The number of rotatable bonds is 3. The standard InChI is InChI=1S/C16H19N/c1-12-7-9-14(10-8-12)15-6-4-5-13(2)16(15)11-17-3/h4-10,17H,11H2,1-3H3. The summed E-state index contributed by atoms with van der Waals surface area (Å²) in [7, 11) is 1.99. The van der Waals surface area contributed by atoms with E-state index in [0.717, 1.165) is 6.54 Å². The SMILES string of the molecule is CNCc1c(C)cccc1-c1ccc(C)cc1. The average Bonchev–Trinajstić information content (AvgIpc) is 2.33. The zero-order valence-corrected chi connectivity index (χ0v) is 10.7. The Morgan fingerprint density at radius 1 is 0.941 bits per heavy atom. The monoisotopic (exact) mass is 225 g/mol. The second-order valence-electron chi connectivity index (χ2n) is 4.50. The first kappa shape index (κ1) is 11.9. The molecule has 1 heteroatoms. The average molecular weight is 225 g/mol. The Hall–Kier alpha value is -1.60. The van der Waals surface area contributed by atoms with Gasteiger partial charge in [0, 0.05) is 6.54 Å². The molecule has 0 amide bonds. The summed E-state index contributed by atoms with van der Waals surface area (Å²) in [6, 6.07) is 15.2. The summed E-state index contributed by atoms with van der Waals surface area (Å²) in [5.41, 5.74) is 6.66. The van der Waals surface area contributed by atoms with Crippen molar-refractivity contribution in [2.45, 2.75) is 20.4 Å². The molecule has 0 saturated carbocycles. The van der Waals surface area contributed by atoms with Gasteiger partial charge in [-0.05, 0) is 43.1 Å². The van der Waals surface area contributed by atoms with Crippen LogP contribution in [0.2, 0.25) is 0 Å². The van der Waals surface area contributed by atoms with Crippen LogP contribution in [0.4, 0.5) is 0 Å². The quantitative estimate of drug-likeness (QED) is 0.840. The summed E-state index contributed by atoms with van der Waals surface area (Å²) in [6.45, 7) is 5.20. The molecule has 2 aromatic rings. The van der Waals surface area contributed by atoms with Gasteiger partial charge in [-0.15, -0.1) is 0 Å². The third kappa shape index (κ3) is 2.56. The third-order valence-corrected chi connectivity index (χ3v) is 3.13. The third-order valence-electron chi connectivity index (χ3n) is 3.13. The summed E-state index contributed by atoms with van der Waals surface area (Å²) in [4.78, 5) is 0.